The normalized spacial score (nSPS) is 15.3. The molecule has 0 radical (unpaired) electrons. The van der Waals surface area contributed by atoms with Gasteiger partial charge in [0.1, 0.15) is 5.75 Å². The van der Waals surface area contributed by atoms with Crippen molar-refractivity contribution in [2.45, 2.75) is 13.0 Å². The molecule has 0 saturated heterocycles. The molecule has 1 aromatic heterocycles. The van der Waals surface area contributed by atoms with Gasteiger partial charge in [-0.05, 0) is 29.7 Å². The van der Waals surface area contributed by atoms with E-state index in [1.54, 1.807) is 19.2 Å². The molecule has 2 aromatic rings. The second kappa shape index (κ2) is 6.49. The zero-order valence-electron chi connectivity index (χ0n) is 13.9. The van der Waals surface area contributed by atoms with E-state index < -0.39 is 0 Å². The quantitative estimate of drug-likeness (QED) is 0.916. The van der Waals surface area contributed by atoms with Crippen LogP contribution in [0, 0.1) is 0 Å². The number of aromatic nitrogens is 2. The first-order valence-electron chi connectivity index (χ1n) is 7.92. The van der Waals surface area contributed by atoms with E-state index in [4.69, 9.17) is 0 Å². The number of nitrogens with zero attached hydrogens (tertiary/aromatic N) is 3. The molecule has 126 valence electrons. The molecule has 2 heterocycles. The molecule has 0 spiro atoms. The Morgan fingerprint density at radius 2 is 1.79 bits per heavy atom. The number of phenolic OH excluding ortho intramolecular Hbond substituents is 1. The standard InChI is InChI=1S/C18H21N3O3/c1-19-15(11-17(23)20(2)18(19)24)12-21-9-7-14(8-10-21)13-3-5-16(22)6-4-13/h3-7,11,22H,8-10,12H2,1-2H3. The van der Waals surface area contributed by atoms with Crippen LogP contribution in [0.5, 0.6) is 5.75 Å². The van der Waals surface area contributed by atoms with Crippen LogP contribution in [0.4, 0.5) is 0 Å². The predicted molar refractivity (Wildman–Crippen MR) is 92.9 cm³/mol. The molecule has 1 aliphatic rings. The maximum Gasteiger partial charge on any atom is 0.330 e. The third-order valence-electron chi connectivity index (χ3n) is 4.54. The molecule has 6 heteroatoms. The van der Waals surface area contributed by atoms with Gasteiger partial charge < -0.3 is 5.11 Å². The SMILES string of the molecule is Cn1c(CN2CC=C(c3ccc(O)cc3)CC2)cc(=O)n(C)c1=O. The highest BCUT2D eigenvalue weighted by Crippen LogP contribution is 2.24. The molecule has 0 unspecified atom stereocenters. The molecular formula is C18H21N3O3. The zero-order valence-corrected chi connectivity index (χ0v) is 13.9. The molecule has 1 aromatic carbocycles. The van der Waals surface area contributed by atoms with Crippen LogP contribution < -0.4 is 11.2 Å². The topological polar surface area (TPSA) is 67.5 Å². The third kappa shape index (κ3) is 3.19. The van der Waals surface area contributed by atoms with E-state index in [0.29, 0.717) is 6.54 Å². The highest BCUT2D eigenvalue weighted by Gasteiger charge is 2.15. The lowest BCUT2D eigenvalue weighted by Crippen LogP contribution is -2.40. The third-order valence-corrected chi connectivity index (χ3v) is 4.54. The van der Waals surface area contributed by atoms with Gasteiger partial charge in [0.25, 0.3) is 5.56 Å². The Bertz CT molecular complexity index is 891. The van der Waals surface area contributed by atoms with Crippen LogP contribution in [-0.2, 0) is 20.6 Å². The molecule has 0 fully saturated rings. The van der Waals surface area contributed by atoms with Crippen molar-refractivity contribution in [3.8, 4) is 5.75 Å². The first-order valence-corrected chi connectivity index (χ1v) is 7.92. The van der Waals surface area contributed by atoms with Crippen LogP contribution in [0.15, 0.2) is 46.0 Å². The van der Waals surface area contributed by atoms with Crippen molar-refractivity contribution >= 4 is 5.57 Å². The van der Waals surface area contributed by atoms with Crippen LogP contribution in [0.25, 0.3) is 5.57 Å². The number of rotatable bonds is 3. The molecule has 24 heavy (non-hydrogen) atoms. The highest BCUT2D eigenvalue weighted by molar-refractivity contribution is 5.67. The van der Waals surface area contributed by atoms with E-state index >= 15 is 0 Å². The summed E-state index contributed by atoms with van der Waals surface area (Å²) in [6, 6.07) is 8.75. The lowest BCUT2D eigenvalue weighted by molar-refractivity contribution is 0.285. The molecule has 6 nitrogen and oxygen atoms in total. The molecule has 1 N–H and O–H groups in total. The zero-order chi connectivity index (χ0) is 17.3. The fourth-order valence-corrected chi connectivity index (χ4v) is 2.95. The van der Waals surface area contributed by atoms with Gasteiger partial charge in [-0.3, -0.25) is 18.8 Å². The maximum absolute atomic E-state index is 12.0. The molecule has 0 bridgehead atoms. The van der Waals surface area contributed by atoms with Gasteiger partial charge in [-0.2, -0.15) is 0 Å². The van der Waals surface area contributed by atoms with Crippen LogP contribution >= 0.6 is 0 Å². The lowest BCUT2D eigenvalue weighted by atomic mass is 9.99. The largest absolute Gasteiger partial charge is 0.508 e. The van der Waals surface area contributed by atoms with Crippen molar-refractivity contribution in [3.05, 3.63) is 68.5 Å². The summed E-state index contributed by atoms with van der Waals surface area (Å²) in [6.45, 7) is 2.19. The lowest BCUT2D eigenvalue weighted by Gasteiger charge is -2.27. The summed E-state index contributed by atoms with van der Waals surface area (Å²) < 4.78 is 2.64. The number of benzene rings is 1. The van der Waals surface area contributed by atoms with Crippen molar-refractivity contribution in [3.63, 3.8) is 0 Å². The average molecular weight is 327 g/mol. The van der Waals surface area contributed by atoms with E-state index in [0.717, 1.165) is 35.3 Å². The number of aromatic hydroxyl groups is 1. The summed E-state index contributed by atoms with van der Waals surface area (Å²) >= 11 is 0. The van der Waals surface area contributed by atoms with E-state index in [1.807, 2.05) is 12.1 Å². The molecular weight excluding hydrogens is 306 g/mol. The predicted octanol–water partition coefficient (Wildman–Crippen LogP) is 1.08. The smallest absolute Gasteiger partial charge is 0.330 e. The molecule has 3 rings (SSSR count). The molecule has 1 aliphatic heterocycles. The molecule has 0 atom stereocenters. The Kier molecular flexibility index (Phi) is 4.40. The van der Waals surface area contributed by atoms with E-state index in [-0.39, 0.29) is 17.0 Å². The number of hydrogen-bond acceptors (Lipinski definition) is 4. The Morgan fingerprint density at radius 3 is 2.42 bits per heavy atom. The van der Waals surface area contributed by atoms with Gasteiger partial charge in [0, 0.05) is 45.5 Å². The van der Waals surface area contributed by atoms with Crippen molar-refractivity contribution in [2.75, 3.05) is 13.1 Å². The Morgan fingerprint density at radius 1 is 1.08 bits per heavy atom. The van der Waals surface area contributed by atoms with Crippen LogP contribution in [0.1, 0.15) is 17.7 Å². The molecule has 0 aliphatic carbocycles. The fraction of sp³-hybridized carbons (Fsp3) is 0.333. The van der Waals surface area contributed by atoms with Crippen molar-refractivity contribution < 1.29 is 5.11 Å². The number of phenols is 1. The van der Waals surface area contributed by atoms with E-state index in [1.165, 1.54) is 23.3 Å². The Labute approximate surface area is 139 Å². The summed E-state index contributed by atoms with van der Waals surface area (Å²) in [5, 5.41) is 9.37. The van der Waals surface area contributed by atoms with Gasteiger partial charge in [-0.25, -0.2) is 4.79 Å². The maximum atomic E-state index is 12.0. The summed E-state index contributed by atoms with van der Waals surface area (Å²) in [5.74, 6) is 0.267. The minimum atomic E-state index is -0.296. The second-order valence-corrected chi connectivity index (χ2v) is 6.14. The van der Waals surface area contributed by atoms with Crippen molar-refractivity contribution in [1.82, 2.24) is 14.0 Å². The van der Waals surface area contributed by atoms with Gasteiger partial charge in [0.2, 0.25) is 0 Å². The Balaban J connectivity index is 1.75. The van der Waals surface area contributed by atoms with Crippen LogP contribution in [0.3, 0.4) is 0 Å². The average Bonchev–Trinajstić information content (AvgIpc) is 2.59. The first kappa shape index (κ1) is 16.3. The summed E-state index contributed by atoms with van der Waals surface area (Å²) in [6.07, 6.45) is 3.05. The van der Waals surface area contributed by atoms with Gasteiger partial charge in [-0.15, -0.1) is 0 Å². The summed E-state index contributed by atoms with van der Waals surface area (Å²) in [4.78, 5) is 26.0. The summed E-state index contributed by atoms with van der Waals surface area (Å²) in [7, 11) is 3.18. The molecule has 0 amide bonds. The minimum Gasteiger partial charge on any atom is -0.508 e. The van der Waals surface area contributed by atoms with Gasteiger partial charge in [0.05, 0.1) is 0 Å². The van der Waals surface area contributed by atoms with Gasteiger partial charge >= 0.3 is 5.69 Å². The second-order valence-electron chi connectivity index (χ2n) is 6.14. The van der Waals surface area contributed by atoms with Crippen molar-refractivity contribution in [2.24, 2.45) is 14.1 Å². The monoisotopic (exact) mass is 327 g/mol. The molecule has 0 saturated carbocycles. The van der Waals surface area contributed by atoms with Gasteiger partial charge in [0.15, 0.2) is 0 Å². The van der Waals surface area contributed by atoms with Gasteiger partial charge in [-0.1, -0.05) is 18.2 Å². The Hall–Kier alpha value is -2.60. The van der Waals surface area contributed by atoms with Crippen LogP contribution in [-0.4, -0.2) is 32.2 Å². The fourth-order valence-electron chi connectivity index (χ4n) is 2.95. The van der Waals surface area contributed by atoms with E-state index in [9.17, 15) is 14.7 Å². The van der Waals surface area contributed by atoms with E-state index in [2.05, 4.69) is 11.0 Å². The van der Waals surface area contributed by atoms with Crippen LogP contribution in [0.2, 0.25) is 0 Å². The minimum absolute atomic E-state index is 0.267. The first-order chi connectivity index (χ1) is 11.5. The summed E-state index contributed by atoms with van der Waals surface area (Å²) in [5.41, 5.74) is 2.53. The van der Waals surface area contributed by atoms with Crippen molar-refractivity contribution in [1.29, 1.82) is 0 Å². The number of hydrogen-bond donors (Lipinski definition) is 1. The highest BCUT2D eigenvalue weighted by atomic mass is 16.3.